The topological polar surface area (TPSA) is 57.5 Å². The van der Waals surface area contributed by atoms with Crippen LogP contribution < -0.4 is 0 Å². The van der Waals surface area contributed by atoms with Gasteiger partial charge in [0.2, 0.25) is 0 Å². The highest BCUT2D eigenvalue weighted by Crippen LogP contribution is 2.24. The number of hydrogen-bond acceptors (Lipinski definition) is 4. The van der Waals surface area contributed by atoms with Gasteiger partial charge in [-0.15, -0.1) is 24.2 Å². The summed E-state index contributed by atoms with van der Waals surface area (Å²) < 4.78 is 0. The van der Waals surface area contributed by atoms with Gasteiger partial charge < -0.3 is 10.2 Å². The minimum Gasteiger partial charge on any atom is -0.477 e. The van der Waals surface area contributed by atoms with E-state index >= 15 is 0 Å². The predicted molar refractivity (Wildman–Crippen MR) is 124 cm³/mol. The van der Waals surface area contributed by atoms with Crippen LogP contribution in [0.25, 0.3) is 0 Å². The second-order valence-corrected chi connectivity index (χ2v) is 8.67. The molecular formula is C23H34O3S2. The maximum absolute atomic E-state index is 10.4. The maximum Gasteiger partial charge on any atom is 0.345 e. The van der Waals surface area contributed by atoms with Crippen LogP contribution in [0.5, 0.6) is 0 Å². The van der Waals surface area contributed by atoms with Crippen molar-refractivity contribution >= 4 is 34.4 Å². The lowest BCUT2D eigenvalue weighted by Crippen LogP contribution is -1.97. The predicted octanol–water partition coefficient (Wildman–Crippen LogP) is 6.30. The van der Waals surface area contributed by atoms with E-state index in [-0.39, 0.29) is 6.10 Å². The van der Waals surface area contributed by atoms with E-state index in [9.17, 15) is 4.79 Å². The fourth-order valence-corrected chi connectivity index (χ4v) is 4.15. The van der Waals surface area contributed by atoms with Crippen LogP contribution in [0.3, 0.4) is 0 Å². The van der Waals surface area contributed by atoms with Crippen molar-refractivity contribution in [2.75, 3.05) is 0 Å². The molecular weight excluding hydrogens is 388 g/mol. The van der Waals surface area contributed by atoms with Gasteiger partial charge in [0.1, 0.15) is 4.88 Å². The molecule has 0 unspecified atom stereocenters. The van der Waals surface area contributed by atoms with Crippen molar-refractivity contribution in [3.63, 3.8) is 0 Å². The Balaban J connectivity index is 0.000000497. The first-order valence-corrected chi connectivity index (χ1v) is 11.2. The van der Waals surface area contributed by atoms with E-state index in [2.05, 4.69) is 31.9 Å². The standard InChI is InChI=1S/C13H22OS.C8H10O2S.C2H2/c1-11(14)6-4-2-3-5-7-12-8-9-13(15)10-12;1-2-3-6-4-5-7(11-6)8(9)10;1-2/h5,7,11-12,14H,2-4,6,8-10H2,1H3;4-5H,2-3H2,1H3,(H,9,10);1-2H/b7-5+;;/t11-,12+;;/m1../s1. The zero-order valence-electron chi connectivity index (χ0n) is 17.1. The van der Waals surface area contributed by atoms with Crippen LogP contribution >= 0.6 is 23.6 Å². The largest absolute Gasteiger partial charge is 0.477 e. The third-order valence-corrected chi connectivity index (χ3v) is 5.81. The number of terminal acetylenes is 1. The van der Waals surface area contributed by atoms with Gasteiger partial charge >= 0.3 is 5.97 Å². The number of hydrogen-bond donors (Lipinski definition) is 2. The van der Waals surface area contributed by atoms with Gasteiger partial charge in [-0.25, -0.2) is 4.79 Å². The molecule has 1 saturated carbocycles. The van der Waals surface area contributed by atoms with Crippen molar-refractivity contribution < 1.29 is 15.0 Å². The number of aryl methyl sites for hydroxylation is 1. The molecule has 0 radical (unpaired) electrons. The van der Waals surface area contributed by atoms with Crippen LogP contribution in [-0.4, -0.2) is 27.2 Å². The van der Waals surface area contributed by atoms with Gasteiger partial charge in [0, 0.05) is 4.88 Å². The number of carbonyl (C=O) groups is 1. The zero-order valence-corrected chi connectivity index (χ0v) is 18.7. The molecule has 0 saturated heterocycles. The van der Waals surface area contributed by atoms with Gasteiger partial charge in [-0.3, -0.25) is 0 Å². The van der Waals surface area contributed by atoms with Gasteiger partial charge in [-0.2, -0.15) is 0 Å². The van der Waals surface area contributed by atoms with E-state index in [1.54, 1.807) is 6.07 Å². The number of carboxylic acids is 1. The SMILES string of the molecule is C#C.CCCc1ccc(C(=O)O)s1.C[C@@H](O)CCCC/C=C/[C@H]1CCC(=S)C1. The highest BCUT2D eigenvalue weighted by atomic mass is 32.1. The number of aromatic carboxylic acids is 1. The summed E-state index contributed by atoms with van der Waals surface area (Å²) in [7, 11) is 0. The summed E-state index contributed by atoms with van der Waals surface area (Å²) in [5, 5.41) is 17.7. The van der Waals surface area contributed by atoms with E-state index in [0.717, 1.165) is 49.8 Å². The highest BCUT2D eigenvalue weighted by Gasteiger charge is 2.15. The van der Waals surface area contributed by atoms with Crippen molar-refractivity contribution in [3.05, 3.63) is 34.0 Å². The lowest BCUT2D eigenvalue weighted by Gasteiger charge is -2.02. The Morgan fingerprint density at radius 2 is 2.11 bits per heavy atom. The first kappa shape index (κ1) is 26.5. The third-order valence-electron chi connectivity index (χ3n) is 4.30. The van der Waals surface area contributed by atoms with Crippen LogP contribution in [-0.2, 0) is 6.42 Å². The molecule has 1 aliphatic carbocycles. The Kier molecular flexibility index (Phi) is 15.6. The zero-order chi connectivity index (χ0) is 21.4. The minimum atomic E-state index is -0.822. The number of aliphatic hydroxyl groups is 1. The van der Waals surface area contributed by atoms with Crippen molar-refractivity contribution in [1.29, 1.82) is 0 Å². The number of allylic oxidation sites excluding steroid dienone is 2. The normalized spacial score (nSPS) is 16.8. The average molecular weight is 423 g/mol. The second kappa shape index (κ2) is 16.5. The molecule has 5 heteroatoms. The highest BCUT2D eigenvalue weighted by molar-refractivity contribution is 7.80. The molecule has 0 spiro atoms. The van der Waals surface area contributed by atoms with Gasteiger partial charge in [-0.05, 0) is 74.8 Å². The summed E-state index contributed by atoms with van der Waals surface area (Å²) in [6, 6.07) is 3.55. The summed E-state index contributed by atoms with van der Waals surface area (Å²) >= 11 is 6.55. The number of unbranched alkanes of at least 4 members (excludes halogenated alkanes) is 2. The van der Waals surface area contributed by atoms with E-state index in [0.29, 0.717) is 10.8 Å². The van der Waals surface area contributed by atoms with Crippen molar-refractivity contribution in [1.82, 2.24) is 0 Å². The smallest absolute Gasteiger partial charge is 0.345 e. The molecule has 0 bridgehead atoms. The molecule has 1 aromatic heterocycles. The van der Waals surface area contributed by atoms with Gasteiger partial charge in [0.15, 0.2) is 0 Å². The maximum atomic E-state index is 10.4. The molecule has 1 aliphatic rings. The van der Waals surface area contributed by atoms with Crippen LogP contribution in [0.2, 0.25) is 0 Å². The number of aliphatic hydroxyl groups excluding tert-OH is 1. The molecule has 3 nitrogen and oxygen atoms in total. The van der Waals surface area contributed by atoms with Gasteiger partial charge in [0.05, 0.1) is 6.10 Å². The molecule has 0 aromatic carbocycles. The minimum absolute atomic E-state index is 0.138. The third kappa shape index (κ3) is 12.8. The van der Waals surface area contributed by atoms with Gasteiger partial charge in [-0.1, -0.05) is 44.1 Å². The molecule has 1 heterocycles. The Morgan fingerprint density at radius 1 is 1.39 bits per heavy atom. The summed E-state index contributed by atoms with van der Waals surface area (Å²) in [4.78, 5) is 13.3. The van der Waals surface area contributed by atoms with E-state index in [4.69, 9.17) is 22.4 Å². The Morgan fingerprint density at radius 3 is 2.61 bits per heavy atom. The lowest BCUT2D eigenvalue weighted by molar-refractivity contribution is 0.0702. The summed E-state index contributed by atoms with van der Waals surface area (Å²) in [5.41, 5.74) is 0. The molecule has 156 valence electrons. The Hall–Kier alpha value is -1.48. The first-order chi connectivity index (χ1) is 13.4. The van der Waals surface area contributed by atoms with E-state index in [1.807, 2.05) is 13.0 Å². The molecule has 1 aromatic rings. The number of thiophene rings is 1. The first-order valence-electron chi connectivity index (χ1n) is 9.94. The molecule has 2 rings (SSSR count). The number of thiocarbonyl (C=S) groups is 1. The van der Waals surface area contributed by atoms with Crippen LogP contribution in [0, 0.1) is 18.8 Å². The fraction of sp³-hybridized carbons (Fsp3) is 0.565. The monoisotopic (exact) mass is 422 g/mol. The van der Waals surface area contributed by atoms with E-state index < -0.39 is 5.97 Å². The molecule has 0 aliphatic heterocycles. The quantitative estimate of drug-likeness (QED) is 0.212. The Labute approximate surface area is 179 Å². The van der Waals surface area contributed by atoms with Crippen molar-refractivity contribution in [3.8, 4) is 12.8 Å². The van der Waals surface area contributed by atoms with Crippen LogP contribution in [0.4, 0.5) is 0 Å². The molecule has 2 N–H and O–H groups in total. The average Bonchev–Trinajstić information content (AvgIpc) is 3.30. The van der Waals surface area contributed by atoms with Crippen LogP contribution in [0.15, 0.2) is 24.3 Å². The van der Waals surface area contributed by atoms with Crippen molar-refractivity contribution in [2.45, 2.75) is 77.7 Å². The number of carboxylic acid groups (broad SMARTS) is 1. The molecule has 2 atom stereocenters. The van der Waals surface area contributed by atoms with Crippen molar-refractivity contribution in [2.24, 2.45) is 5.92 Å². The summed E-state index contributed by atoms with van der Waals surface area (Å²) in [5.74, 6) is -0.105. The van der Waals surface area contributed by atoms with Gasteiger partial charge in [0.25, 0.3) is 0 Å². The number of rotatable bonds is 9. The van der Waals surface area contributed by atoms with E-state index in [1.165, 1.54) is 29.0 Å². The second-order valence-electron chi connectivity index (χ2n) is 6.92. The molecule has 1 fully saturated rings. The summed E-state index contributed by atoms with van der Waals surface area (Å²) in [6.45, 7) is 3.94. The molecule has 28 heavy (non-hydrogen) atoms. The summed E-state index contributed by atoms with van der Waals surface area (Å²) in [6.07, 6.45) is 22.5. The fourth-order valence-electron chi connectivity index (χ4n) is 2.87. The lowest BCUT2D eigenvalue weighted by atomic mass is 10.1. The molecule has 0 amide bonds. The van der Waals surface area contributed by atoms with Crippen LogP contribution in [0.1, 0.15) is 79.8 Å². The Bertz CT molecular complexity index is 614.